The SMILES string of the molecule is CCCCNC(=O)CCN1C(=O)/C(=C/c2ccccc2OC)SC1=S. The Balaban J connectivity index is 2.00. The van der Waals surface area contributed by atoms with Gasteiger partial charge < -0.3 is 10.1 Å². The summed E-state index contributed by atoms with van der Waals surface area (Å²) in [5.74, 6) is 0.474. The number of nitrogens with zero attached hydrogens (tertiary/aromatic N) is 1. The van der Waals surface area contributed by atoms with Crippen LogP contribution in [0.1, 0.15) is 31.7 Å². The summed E-state index contributed by atoms with van der Waals surface area (Å²) in [5, 5.41) is 2.85. The van der Waals surface area contributed by atoms with Crippen LogP contribution in [0.3, 0.4) is 0 Å². The lowest BCUT2D eigenvalue weighted by Crippen LogP contribution is -2.33. The van der Waals surface area contributed by atoms with Crippen LogP contribution in [0.5, 0.6) is 5.75 Å². The fourth-order valence-electron chi connectivity index (χ4n) is 2.33. The first-order valence-electron chi connectivity index (χ1n) is 8.22. The minimum Gasteiger partial charge on any atom is -0.496 e. The van der Waals surface area contributed by atoms with E-state index in [2.05, 4.69) is 12.2 Å². The lowest BCUT2D eigenvalue weighted by atomic mass is 10.2. The van der Waals surface area contributed by atoms with Gasteiger partial charge in [-0.1, -0.05) is 55.5 Å². The molecule has 1 aliphatic heterocycles. The van der Waals surface area contributed by atoms with Crippen LogP contribution in [-0.4, -0.2) is 41.2 Å². The van der Waals surface area contributed by atoms with Gasteiger partial charge in [0.2, 0.25) is 5.91 Å². The van der Waals surface area contributed by atoms with Gasteiger partial charge in [0.05, 0.1) is 12.0 Å². The van der Waals surface area contributed by atoms with Crippen molar-refractivity contribution in [3.8, 4) is 5.75 Å². The van der Waals surface area contributed by atoms with E-state index < -0.39 is 0 Å². The molecule has 5 nitrogen and oxygen atoms in total. The van der Waals surface area contributed by atoms with E-state index in [9.17, 15) is 9.59 Å². The van der Waals surface area contributed by atoms with Crippen molar-refractivity contribution < 1.29 is 14.3 Å². The minimum atomic E-state index is -0.165. The van der Waals surface area contributed by atoms with Crippen LogP contribution in [0.25, 0.3) is 6.08 Å². The normalized spacial score (nSPS) is 15.8. The smallest absolute Gasteiger partial charge is 0.266 e. The number of thiocarbonyl (C=S) groups is 1. The third kappa shape index (κ3) is 5.31. The second-order valence-corrected chi connectivity index (χ2v) is 7.20. The number of hydrogen-bond acceptors (Lipinski definition) is 5. The highest BCUT2D eigenvalue weighted by atomic mass is 32.2. The van der Waals surface area contributed by atoms with Crippen LogP contribution >= 0.6 is 24.0 Å². The number of thioether (sulfide) groups is 1. The topological polar surface area (TPSA) is 58.6 Å². The van der Waals surface area contributed by atoms with Gasteiger partial charge in [0, 0.05) is 25.1 Å². The summed E-state index contributed by atoms with van der Waals surface area (Å²) >= 11 is 6.55. The number of hydrogen-bond donors (Lipinski definition) is 1. The first-order chi connectivity index (χ1) is 12.1. The number of rotatable bonds is 8. The standard InChI is InChI=1S/C18H22N2O3S2/c1-3-4-10-19-16(21)9-11-20-17(22)15(25-18(20)24)12-13-7-5-6-8-14(13)23-2/h5-8,12H,3-4,9-11H2,1-2H3,(H,19,21)/b15-12-. The maximum Gasteiger partial charge on any atom is 0.266 e. The van der Waals surface area contributed by atoms with Gasteiger partial charge in [0.25, 0.3) is 5.91 Å². The van der Waals surface area contributed by atoms with Crippen LogP contribution < -0.4 is 10.1 Å². The maximum absolute atomic E-state index is 12.6. The molecule has 0 saturated carbocycles. The molecule has 0 radical (unpaired) electrons. The second-order valence-electron chi connectivity index (χ2n) is 5.53. The Kier molecular flexibility index (Phi) is 7.46. The van der Waals surface area contributed by atoms with E-state index in [1.165, 1.54) is 16.7 Å². The number of carbonyl (C=O) groups is 2. The zero-order valence-electron chi connectivity index (χ0n) is 14.4. The van der Waals surface area contributed by atoms with Gasteiger partial charge in [-0.2, -0.15) is 0 Å². The molecule has 0 spiro atoms. The summed E-state index contributed by atoms with van der Waals surface area (Å²) in [6.07, 6.45) is 4.01. The third-order valence-corrected chi connectivity index (χ3v) is 5.09. The first-order valence-corrected chi connectivity index (χ1v) is 9.44. The summed E-state index contributed by atoms with van der Waals surface area (Å²) in [7, 11) is 1.59. The molecular weight excluding hydrogens is 356 g/mol. The molecule has 1 aliphatic rings. The van der Waals surface area contributed by atoms with Crippen molar-refractivity contribution in [1.82, 2.24) is 10.2 Å². The minimum absolute atomic E-state index is 0.0591. The van der Waals surface area contributed by atoms with Gasteiger partial charge in [-0.25, -0.2) is 0 Å². The number of nitrogens with one attached hydrogen (secondary N) is 1. The van der Waals surface area contributed by atoms with Gasteiger partial charge in [0.1, 0.15) is 10.1 Å². The van der Waals surface area contributed by atoms with Crippen molar-refractivity contribution in [3.63, 3.8) is 0 Å². The van der Waals surface area contributed by atoms with Gasteiger partial charge >= 0.3 is 0 Å². The van der Waals surface area contributed by atoms with E-state index in [-0.39, 0.29) is 18.2 Å². The lowest BCUT2D eigenvalue weighted by molar-refractivity contribution is -0.123. The molecule has 1 aromatic carbocycles. The summed E-state index contributed by atoms with van der Waals surface area (Å²) in [5.41, 5.74) is 0.822. The largest absolute Gasteiger partial charge is 0.496 e. The Bertz CT molecular complexity index is 689. The Morgan fingerprint density at radius 2 is 2.16 bits per heavy atom. The van der Waals surface area contributed by atoms with E-state index in [1.54, 1.807) is 13.2 Å². The predicted octanol–water partition coefficient (Wildman–Crippen LogP) is 3.20. The molecule has 134 valence electrons. The molecule has 1 N–H and O–H groups in total. The van der Waals surface area contributed by atoms with Crippen LogP contribution in [0.15, 0.2) is 29.2 Å². The van der Waals surface area contributed by atoms with Crippen LogP contribution in [0.4, 0.5) is 0 Å². The fourth-order valence-corrected chi connectivity index (χ4v) is 3.63. The molecule has 25 heavy (non-hydrogen) atoms. The predicted molar refractivity (Wildman–Crippen MR) is 105 cm³/mol. The Labute approximate surface area is 157 Å². The molecule has 0 aromatic heterocycles. The van der Waals surface area contributed by atoms with Crippen molar-refractivity contribution in [2.24, 2.45) is 0 Å². The van der Waals surface area contributed by atoms with Gasteiger partial charge in [0.15, 0.2) is 0 Å². The molecule has 0 aliphatic carbocycles. The molecule has 7 heteroatoms. The summed E-state index contributed by atoms with van der Waals surface area (Å²) in [6.45, 7) is 3.04. The van der Waals surface area contributed by atoms with Crippen molar-refractivity contribution >= 4 is 46.2 Å². The summed E-state index contributed by atoms with van der Waals surface area (Å²) in [6, 6.07) is 7.48. The van der Waals surface area contributed by atoms with Crippen molar-refractivity contribution in [2.45, 2.75) is 26.2 Å². The summed E-state index contributed by atoms with van der Waals surface area (Å²) in [4.78, 5) is 26.4. The average molecular weight is 379 g/mol. The number of methoxy groups -OCH3 is 1. The van der Waals surface area contributed by atoms with E-state index in [1.807, 2.05) is 24.3 Å². The lowest BCUT2D eigenvalue weighted by Gasteiger charge is -2.14. The zero-order chi connectivity index (χ0) is 18.2. The van der Waals surface area contributed by atoms with Crippen molar-refractivity contribution in [2.75, 3.05) is 20.2 Å². The highest BCUT2D eigenvalue weighted by Crippen LogP contribution is 2.34. The summed E-state index contributed by atoms with van der Waals surface area (Å²) < 4.78 is 5.78. The average Bonchev–Trinajstić information content (AvgIpc) is 2.87. The molecule has 1 saturated heterocycles. The fraction of sp³-hybridized carbons (Fsp3) is 0.389. The number of benzene rings is 1. The number of para-hydroxylation sites is 1. The molecule has 1 aromatic rings. The molecule has 0 bridgehead atoms. The van der Waals surface area contributed by atoms with Gasteiger partial charge in [-0.05, 0) is 18.6 Å². The monoisotopic (exact) mass is 378 g/mol. The van der Waals surface area contributed by atoms with Crippen LogP contribution in [0, 0.1) is 0 Å². The van der Waals surface area contributed by atoms with Gasteiger partial charge in [-0.3, -0.25) is 14.5 Å². The number of carbonyl (C=O) groups excluding carboxylic acids is 2. The highest BCUT2D eigenvalue weighted by molar-refractivity contribution is 8.26. The molecule has 0 atom stereocenters. The Hall–Kier alpha value is -1.86. The van der Waals surface area contributed by atoms with E-state index in [4.69, 9.17) is 17.0 Å². The second kappa shape index (κ2) is 9.58. The zero-order valence-corrected chi connectivity index (χ0v) is 16.0. The number of amides is 2. The molecule has 2 amide bonds. The molecule has 2 rings (SSSR count). The molecular formula is C18H22N2O3S2. The van der Waals surface area contributed by atoms with E-state index in [0.29, 0.717) is 28.1 Å². The number of unbranched alkanes of at least 4 members (excludes halogenated alkanes) is 1. The quantitative estimate of drug-likeness (QED) is 0.428. The van der Waals surface area contributed by atoms with E-state index >= 15 is 0 Å². The molecule has 0 unspecified atom stereocenters. The Morgan fingerprint density at radius 3 is 2.88 bits per heavy atom. The van der Waals surface area contributed by atoms with E-state index in [0.717, 1.165) is 18.4 Å². The highest BCUT2D eigenvalue weighted by Gasteiger charge is 2.32. The molecule has 1 heterocycles. The van der Waals surface area contributed by atoms with Crippen molar-refractivity contribution in [3.05, 3.63) is 34.7 Å². The van der Waals surface area contributed by atoms with Crippen LogP contribution in [-0.2, 0) is 9.59 Å². The number of ether oxygens (including phenoxy) is 1. The van der Waals surface area contributed by atoms with Crippen LogP contribution in [0.2, 0.25) is 0 Å². The maximum atomic E-state index is 12.6. The molecule has 1 fully saturated rings. The first kappa shape index (κ1) is 19.5. The Morgan fingerprint density at radius 1 is 1.40 bits per heavy atom. The third-order valence-electron chi connectivity index (χ3n) is 3.71. The van der Waals surface area contributed by atoms with Crippen molar-refractivity contribution in [1.29, 1.82) is 0 Å². The van der Waals surface area contributed by atoms with Gasteiger partial charge in [-0.15, -0.1) is 0 Å².